The molecule has 0 aliphatic heterocycles. The molecule has 4 aromatic rings. The summed E-state index contributed by atoms with van der Waals surface area (Å²) in [7, 11) is 0. The summed E-state index contributed by atoms with van der Waals surface area (Å²) in [6.45, 7) is 3.38. The summed E-state index contributed by atoms with van der Waals surface area (Å²) in [5.74, 6) is -1.09. The molecule has 2 atom stereocenters. The van der Waals surface area contributed by atoms with Crippen LogP contribution in [0.5, 0.6) is 11.5 Å². The van der Waals surface area contributed by atoms with Crippen molar-refractivity contribution in [1.29, 1.82) is 0 Å². The molecular formula is C30H26O6. The number of aromatic hydroxyl groups is 2. The van der Waals surface area contributed by atoms with Gasteiger partial charge >= 0.3 is 11.9 Å². The van der Waals surface area contributed by atoms with Crippen LogP contribution in [-0.2, 0) is 9.47 Å². The Balaban J connectivity index is 1.73. The van der Waals surface area contributed by atoms with Crippen molar-refractivity contribution in [2.45, 2.75) is 26.1 Å². The van der Waals surface area contributed by atoms with Crippen molar-refractivity contribution in [1.82, 2.24) is 0 Å². The summed E-state index contributed by atoms with van der Waals surface area (Å²) in [6.07, 6.45) is -1.92. The van der Waals surface area contributed by atoms with E-state index in [2.05, 4.69) is 0 Å². The molecule has 0 spiro atoms. The van der Waals surface area contributed by atoms with Gasteiger partial charge in [0.1, 0.15) is 11.5 Å². The van der Waals surface area contributed by atoms with Gasteiger partial charge in [0.05, 0.1) is 11.1 Å². The van der Waals surface area contributed by atoms with Gasteiger partial charge in [-0.2, -0.15) is 0 Å². The van der Waals surface area contributed by atoms with Gasteiger partial charge in [-0.3, -0.25) is 0 Å². The standard InChI is InChI=1S/C30H26O6/c1-19-17-23(13-15-25(19)31)29(33)35-27(21-9-5-3-6-10-21)28(22-11-7-4-8-12-22)36-30(34)24-14-16-26(32)20(2)18-24/h3-18,27-28,31-32H,1-2H3. The largest absolute Gasteiger partial charge is 0.508 e. The van der Waals surface area contributed by atoms with E-state index >= 15 is 0 Å². The predicted octanol–water partition coefficient (Wildman–Crippen LogP) is 6.21. The fourth-order valence-electron chi connectivity index (χ4n) is 3.83. The Morgan fingerprint density at radius 1 is 0.583 bits per heavy atom. The average molecular weight is 483 g/mol. The van der Waals surface area contributed by atoms with Crippen LogP contribution in [0.4, 0.5) is 0 Å². The highest BCUT2D eigenvalue weighted by atomic mass is 16.6. The molecule has 6 heteroatoms. The Bertz CT molecular complexity index is 1260. The highest BCUT2D eigenvalue weighted by molar-refractivity contribution is 5.91. The van der Waals surface area contributed by atoms with Gasteiger partial charge in [-0.1, -0.05) is 60.7 Å². The second-order valence-electron chi connectivity index (χ2n) is 8.48. The van der Waals surface area contributed by atoms with Gasteiger partial charge in [-0.05, 0) is 72.5 Å². The molecule has 0 amide bonds. The van der Waals surface area contributed by atoms with Gasteiger partial charge in [-0.25, -0.2) is 9.59 Å². The lowest BCUT2D eigenvalue weighted by Crippen LogP contribution is -2.23. The second kappa shape index (κ2) is 10.8. The summed E-state index contributed by atoms with van der Waals surface area (Å²) < 4.78 is 12.0. The minimum atomic E-state index is -0.961. The molecule has 6 nitrogen and oxygen atoms in total. The van der Waals surface area contributed by atoms with E-state index < -0.39 is 24.1 Å². The molecule has 0 radical (unpaired) electrons. The van der Waals surface area contributed by atoms with E-state index in [9.17, 15) is 19.8 Å². The van der Waals surface area contributed by atoms with Gasteiger partial charge in [0, 0.05) is 0 Å². The number of ether oxygens (including phenoxy) is 2. The molecule has 182 valence electrons. The van der Waals surface area contributed by atoms with E-state index in [-0.39, 0.29) is 22.6 Å². The lowest BCUT2D eigenvalue weighted by Gasteiger charge is -2.28. The maximum absolute atomic E-state index is 13.2. The summed E-state index contributed by atoms with van der Waals surface area (Å²) in [4.78, 5) is 26.4. The molecule has 2 unspecified atom stereocenters. The molecule has 0 saturated carbocycles. The van der Waals surface area contributed by atoms with Gasteiger partial charge in [0.25, 0.3) is 0 Å². The van der Waals surface area contributed by atoms with E-state index in [1.165, 1.54) is 24.3 Å². The van der Waals surface area contributed by atoms with Gasteiger partial charge < -0.3 is 19.7 Å². The minimum absolute atomic E-state index is 0.0754. The minimum Gasteiger partial charge on any atom is -0.508 e. The average Bonchev–Trinajstić information content (AvgIpc) is 2.90. The summed E-state index contributed by atoms with van der Waals surface area (Å²) in [5.41, 5.74) is 2.88. The molecule has 4 aromatic carbocycles. The molecule has 0 heterocycles. The number of esters is 2. The number of carbonyl (C=O) groups excluding carboxylic acids is 2. The van der Waals surface area contributed by atoms with E-state index in [0.29, 0.717) is 22.3 Å². The molecule has 36 heavy (non-hydrogen) atoms. The highest BCUT2D eigenvalue weighted by Crippen LogP contribution is 2.37. The maximum Gasteiger partial charge on any atom is 0.338 e. The lowest BCUT2D eigenvalue weighted by atomic mass is 9.97. The normalized spacial score (nSPS) is 12.4. The van der Waals surface area contributed by atoms with E-state index in [4.69, 9.17) is 9.47 Å². The van der Waals surface area contributed by atoms with Crippen molar-refractivity contribution in [3.8, 4) is 11.5 Å². The number of carbonyl (C=O) groups is 2. The molecule has 0 aromatic heterocycles. The van der Waals surface area contributed by atoms with Crippen molar-refractivity contribution in [2.24, 2.45) is 0 Å². The molecule has 0 saturated heterocycles. The smallest absolute Gasteiger partial charge is 0.338 e. The first-order chi connectivity index (χ1) is 17.3. The summed E-state index contributed by atoms with van der Waals surface area (Å²) in [6, 6.07) is 27.1. The predicted molar refractivity (Wildman–Crippen MR) is 135 cm³/mol. The van der Waals surface area contributed by atoms with Crippen molar-refractivity contribution in [3.63, 3.8) is 0 Å². The van der Waals surface area contributed by atoms with Crippen molar-refractivity contribution >= 4 is 11.9 Å². The fraction of sp³-hybridized carbons (Fsp3) is 0.133. The number of benzene rings is 4. The van der Waals surface area contributed by atoms with Crippen LogP contribution in [-0.4, -0.2) is 22.2 Å². The Morgan fingerprint density at radius 3 is 1.28 bits per heavy atom. The van der Waals surface area contributed by atoms with Crippen LogP contribution < -0.4 is 0 Å². The third-order valence-electron chi connectivity index (χ3n) is 5.86. The Hall–Kier alpha value is -4.58. The molecule has 0 aliphatic carbocycles. The molecular weight excluding hydrogens is 456 g/mol. The summed E-state index contributed by atoms with van der Waals surface area (Å²) >= 11 is 0. The van der Waals surface area contributed by atoms with Crippen molar-refractivity contribution in [3.05, 3.63) is 130 Å². The SMILES string of the molecule is Cc1cc(C(=O)OC(c2ccccc2)C(OC(=O)c2ccc(O)c(C)c2)c2ccccc2)ccc1O. The summed E-state index contributed by atoms with van der Waals surface area (Å²) in [5, 5.41) is 19.7. The van der Waals surface area contributed by atoms with Gasteiger partial charge in [-0.15, -0.1) is 0 Å². The number of phenolic OH excluding ortho intramolecular Hbond substituents is 2. The quantitative estimate of drug-likeness (QED) is 0.304. The Labute approximate surface area is 209 Å². The number of hydrogen-bond donors (Lipinski definition) is 2. The lowest BCUT2D eigenvalue weighted by molar-refractivity contribution is -0.0388. The highest BCUT2D eigenvalue weighted by Gasteiger charge is 2.33. The van der Waals surface area contributed by atoms with Crippen LogP contribution >= 0.6 is 0 Å². The van der Waals surface area contributed by atoms with Crippen LogP contribution in [0.1, 0.15) is 55.2 Å². The number of phenols is 2. The van der Waals surface area contributed by atoms with Crippen molar-refractivity contribution < 1.29 is 29.3 Å². The Morgan fingerprint density at radius 2 is 0.944 bits per heavy atom. The number of hydrogen-bond acceptors (Lipinski definition) is 6. The zero-order chi connectivity index (χ0) is 25.7. The number of rotatable bonds is 7. The third kappa shape index (κ3) is 5.55. The zero-order valence-electron chi connectivity index (χ0n) is 19.9. The van der Waals surface area contributed by atoms with E-state index in [1.54, 1.807) is 50.2 Å². The first-order valence-electron chi connectivity index (χ1n) is 11.4. The van der Waals surface area contributed by atoms with Gasteiger partial charge in [0.15, 0.2) is 12.2 Å². The topological polar surface area (TPSA) is 93.1 Å². The molecule has 4 rings (SSSR count). The molecule has 0 aliphatic rings. The maximum atomic E-state index is 13.2. The first-order valence-corrected chi connectivity index (χ1v) is 11.4. The first kappa shape index (κ1) is 24.5. The second-order valence-corrected chi connectivity index (χ2v) is 8.48. The third-order valence-corrected chi connectivity index (χ3v) is 5.86. The van der Waals surface area contributed by atoms with E-state index in [1.807, 2.05) is 36.4 Å². The van der Waals surface area contributed by atoms with Crippen LogP contribution in [0.15, 0.2) is 97.1 Å². The van der Waals surface area contributed by atoms with Crippen LogP contribution in [0.25, 0.3) is 0 Å². The van der Waals surface area contributed by atoms with Crippen LogP contribution in [0.2, 0.25) is 0 Å². The van der Waals surface area contributed by atoms with Crippen LogP contribution in [0, 0.1) is 13.8 Å². The fourth-order valence-corrected chi connectivity index (χ4v) is 3.83. The molecule has 2 N–H and O–H groups in total. The van der Waals surface area contributed by atoms with Crippen LogP contribution in [0.3, 0.4) is 0 Å². The molecule has 0 fully saturated rings. The number of aryl methyl sites for hydroxylation is 2. The van der Waals surface area contributed by atoms with Gasteiger partial charge in [0.2, 0.25) is 0 Å². The van der Waals surface area contributed by atoms with Crippen molar-refractivity contribution in [2.75, 3.05) is 0 Å². The zero-order valence-corrected chi connectivity index (χ0v) is 19.9. The molecule has 0 bridgehead atoms. The Kier molecular flexibility index (Phi) is 7.35. The monoisotopic (exact) mass is 482 g/mol. The van der Waals surface area contributed by atoms with E-state index in [0.717, 1.165) is 0 Å².